The van der Waals surface area contributed by atoms with Gasteiger partial charge >= 0.3 is 0 Å². The lowest BCUT2D eigenvalue weighted by atomic mass is 9.79. The van der Waals surface area contributed by atoms with Gasteiger partial charge in [-0.1, -0.05) is 200 Å². The molecule has 0 atom stereocenters. The summed E-state index contributed by atoms with van der Waals surface area (Å²) in [5.74, 6) is 0. The van der Waals surface area contributed by atoms with Crippen LogP contribution in [0.4, 0.5) is 0 Å². The molecule has 68 heavy (non-hydrogen) atoms. The summed E-state index contributed by atoms with van der Waals surface area (Å²) in [5.41, 5.74) is 15.3. The third-order valence-electron chi connectivity index (χ3n) is 16.1. The van der Waals surface area contributed by atoms with Gasteiger partial charge in [0.15, 0.2) is 0 Å². The molecule has 0 unspecified atom stereocenters. The van der Waals surface area contributed by atoms with Crippen molar-refractivity contribution in [2.24, 2.45) is 0 Å². The highest BCUT2D eigenvalue weighted by molar-refractivity contribution is 6.48. The highest BCUT2D eigenvalue weighted by atomic mass is 14.4. The zero-order valence-electron chi connectivity index (χ0n) is 36.8. The van der Waals surface area contributed by atoms with E-state index in [-0.39, 0.29) is 0 Å². The number of rotatable bonds is 4. The van der Waals surface area contributed by atoms with Gasteiger partial charge in [-0.15, -0.1) is 0 Å². The minimum Gasteiger partial charge on any atom is -0.0622 e. The smallest absolute Gasteiger partial charge is 0.000136 e. The molecule has 0 heterocycles. The first kappa shape index (κ1) is 35.4. The SMILES string of the molecule is c1ccc(-c2ccc(-c3c4c(c(-c5ccc(-c6ccccc6)cc5)c5c3cc3ccc6cccc7ccc5c3c67)-c3cc5ccc6ccc7ccc8ccc9cc-4c3c3c9c8c7c6c53)cc2)cc1. The molecule has 0 saturated heterocycles. The van der Waals surface area contributed by atoms with Crippen molar-refractivity contribution in [1.82, 2.24) is 0 Å². The van der Waals surface area contributed by atoms with Crippen LogP contribution in [0, 0.1) is 0 Å². The van der Waals surface area contributed by atoms with Gasteiger partial charge in [-0.3, -0.25) is 0 Å². The molecule has 0 heteroatoms. The van der Waals surface area contributed by atoms with Crippen LogP contribution in [0.5, 0.6) is 0 Å². The number of hydrogen-bond donors (Lipinski definition) is 0. The monoisotopic (exact) mass is 852 g/mol. The summed E-state index contributed by atoms with van der Waals surface area (Å²) in [6, 6.07) is 83.3. The van der Waals surface area contributed by atoms with Crippen LogP contribution in [-0.2, 0) is 0 Å². The normalized spacial score (nSPS) is 12.7. The molecule has 0 aromatic heterocycles. The Morgan fingerprint density at radius 2 is 0.544 bits per heavy atom. The average molecular weight is 853 g/mol. The molecular weight excluding hydrogens is 817 g/mol. The van der Waals surface area contributed by atoms with Gasteiger partial charge in [-0.2, -0.15) is 0 Å². The molecular formula is C68H36. The summed E-state index contributed by atoms with van der Waals surface area (Å²) in [7, 11) is 0. The lowest BCUT2D eigenvalue weighted by molar-refractivity contribution is 1.59. The van der Waals surface area contributed by atoms with E-state index in [9.17, 15) is 0 Å². The number of fused-ring (bicyclic) bond motifs is 5. The van der Waals surface area contributed by atoms with Gasteiger partial charge in [0.25, 0.3) is 0 Å². The van der Waals surface area contributed by atoms with E-state index in [1.165, 1.54) is 174 Å². The van der Waals surface area contributed by atoms with Crippen molar-refractivity contribution in [3.63, 3.8) is 0 Å². The second-order valence-electron chi connectivity index (χ2n) is 19.4. The van der Waals surface area contributed by atoms with Gasteiger partial charge in [0.1, 0.15) is 0 Å². The molecule has 0 aliphatic heterocycles. The summed E-state index contributed by atoms with van der Waals surface area (Å²) < 4.78 is 0. The van der Waals surface area contributed by atoms with E-state index >= 15 is 0 Å². The molecule has 308 valence electrons. The number of hydrogen-bond acceptors (Lipinski definition) is 0. The van der Waals surface area contributed by atoms with Crippen LogP contribution in [0.1, 0.15) is 0 Å². The van der Waals surface area contributed by atoms with Crippen molar-refractivity contribution in [3.8, 4) is 66.8 Å². The summed E-state index contributed by atoms with van der Waals surface area (Å²) >= 11 is 0. The first-order valence-electron chi connectivity index (χ1n) is 23.9. The largest absolute Gasteiger partial charge is 0.0622 e. The Bertz CT molecular complexity index is 4700. The molecule has 0 saturated carbocycles. The number of benzene rings is 16. The van der Waals surface area contributed by atoms with Crippen LogP contribution in [0.3, 0.4) is 0 Å². The Kier molecular flexibility index (Phi) is 6.53. The summed E-state index contributed by atoms with van der Waals surface area (Å²) in [5, 5.41) is 26.7. The van der Waals surface area contributed by atoms with Gasteiger partial charge in [0.05, 0.1) is 0 Å². The van der Waals surface area contributed by atoms with Crippen LogP contribution in [0.25, 0.3) is 174 Å². The fourth-order valence-electron chi connectivity index (χ4n) is 13.3. The molecule has 16 aromatic carbocycles. The summed E-state index contributed by atoms with van der Waals surface area (Å²) in [4.78, 5) is 0. The van der Waals surface area contributed by atoms with E-state index in [2.05, 4.69) is 218 Å². The van der Waals surface area contributed by atoms with Crippen molar-refractivity contribution < 1.29 is 0 Å². The molecule has 17 rings (SSSR count). The molecule has 0 spiro atoms. The Hall–Kier alpha value is -8.84. The highest BCUT2D eigenvalue weighted by Crippen LogP contribution is 2.63. The Labute approximate surface area is 390 Å². The van der Waals surface area contributed by atoms with Crippen LogP contribution < -0.4 is 0 Å². The molecule has 16 aromatic rings. The van der Waals surface area contributed by atoms with Crippen molar-refractivity contribution in [2.45, 2.75) is 0 Å². The first-order valence-corrected chi connectivity index (χ1v) is 23.9. The average Bonchev–Trinajstić information content (AvgIpc) is 3.72. The van der Waals surface area contributed by atoms with Crippen LogP contribution in [0.15, 0.2) is 218 Å². The molecule has 0 fully saturated rings. The topological polar surface area (TPSA) is 0 Å². The predicted molar refractivity (Wildman–Crippen MR) is 292 cm³/mol. The van der Waals surface area contributed by atoms with E-state index in [4.69, 9.17) is 0 Å². The van der Waals surface area contributed by atoms with Crippen molar-refractivity contribution >= 4 is 108 Å². The maximum absolute atomic E-state index is 2.57. The van der Waals surface area contributed by atoms with E-state index in [1.807, 2.05) is 0 Å². The maximum Gasteiger partial charge on any atom is -0.000136 e. The van der Waals surface area contributed by atoms with E-state index in [0.717, 1.165) is 0 Å². The van der Waals surface area contributed by atoms with Crippen molar-refractivity contribution in [1.29, 1.82) is 0 Å². The quantitative estimate of drug-likeness (QED) is 0.122. The summed E-state index contributed by atoms with van der Waals surface area (Å²) in [6.07, 6.45) is 0. The van der Waals surface area contributed by atoms with Gasteiger partial charge in [0, 0.05) is 0 Å². The zero-order valence-corrected chi connectivity index (χ0v) is 36.8. The third-order valence-corrected chi connectivity index (χ3v) is 16.1. The van der Waals surface area contributed by atoms with E-state index < -0.39 is 0 Å². The first-order chi connectivity index (χ1) is 33.7. The van der Waals surface area contributed by atoms with Crippen LogP contribution in [0.2, 0.25) is 0 Å². The Morgan fingerprint density at radius 3 is 1.06 bits per heavy atom. The van der Waals surface area contributed by atoms with E-state index in [0.29, 0.717) is 0 Å². The minimum absolute atomic E-state index is 1.22. The van der Waals surface area contributed by atoms with Gasteiger partial charge < -0.3 is 0 Å². The maximum atomic E-state index is 2.57. The molecule has 0 amide bonds. The Morgan fingerprint density at radius 1 is 0.162 bits per heavy atom. The second kappa shape index (κ2) is 12.5. The van der Waals surface area contributed by atoms with Gasteiger partial charge in [-0.25, -0.2) is 0 Å². The molecule has 1 aliphatic rings. The highest BCUT2D eigenvalue weighted by Gasteiger charge is 2.35. The zero-order chi connectivity index (χ0) is 43.9. The standard InChI is InChI=1S/C68H36/c1-3-8-37(9-4-1)39-14-18-43(19-15-39)56-52-34-48-29-26-41-12-7-13-42-32-33-51(57(48)55(41)42)64(52)61(47-20-16-40(17-21-47)38-10-5-2-6-11-38)67-54-36-50-31-28-46-25-23-44-22-24-45-27-30-49-35-53(66(56)67)65(54)68-62(49)59(45)58(44)60(46)63(50)68/h1-36H. The fourth-order valence-corrected chi connectivity index (χ4v) is 13.3. The lowest BCUT2D eigenvalue weighted by Gasteiger charge is -2.23. The Balaban J connectivity index is 1.11. The van der Waals surface area contributed by atoms with Crippen molar-refractivity contribution in [3.05, 3.63) is 218 Å². The molecule has 0 N–H and O–H groups in total. The van der Waals surface area contributed by atoms with Crippen molar-refractivity contribution in [2.75, 3.05) is 0 Å². The van der Waals surface area contributed by atoms with Gasteiger partial charge in [-0.05, 0) is 193 Å². The van der Waals surface area contributed by atoms with E-state index in [1.54, 1.807) is 0 Å². The third kappa shape index (κ3) is 4.37. The lowest BCUT2D eigenvalue weighted by Crippen LogP contribution is -1.96. The molecule has 0 radical (unpaired) electrons. The molecule has 1 aliphatic carbocycles. The predicted octanol–water partition coefficient (Wildman–Crippen LogP) is 19.3. The van der Waals surface area contributed by atoms with Crippen LogP contribution >= 0.6 is 0 Å². The van der Waals surface area contributed by atoms with Crippen LogP contribution in [-0.4, -0.2) is 0 Å². The minimum atomic E-state index is 1.22. The second-order valence-corrected chi connectivity index (χ2v) is 19.4. The molecule has 0 bridgehead atoms. The fraction of sp³-hybridized carbons (Fsp3) is 0. The van der Waals surface area contributed by atoms with Gasteiger partial charge in [0.2, 0.25) is 0 Å². The molecule has 0 nitrogen and oxygen atoms in total. The summed E-state index contributed by atoms with van der Waals surface area (Å²) in [6.45, 7) is 0.